The summed E-state index contributed by atoms with van der Waals surface area (Å²) in [5.41, 5.74) is 0. The van der Waals surface area contributed by atoms with Gasteiger partial charge in [-0.3, -0.25) is 0 Å². The number of aromatic nitrogens is 4. The lowest BCUT2D eigenvalue weighted by Crippen LogP contribution is -2.38. The fourth-order valence-electron chi connectivity index (χ4n) is 3.13. The third-order valence-electron chi connectivity index (χ3n) is 4.51. The average Bonchev–Trinajstić information content (AvgIpc) is 3.21. The van der Waals surface area contributed by atoms with E-state index >= 15 is 0 Å². The van der Waals surface area contributed by atoms with Crippen molar-refractivity contribution in [2.75, 3.05) is 6.54 Å². The molecule has 3 heterocycles. The van der Waals surface area contributed by atoms with E-state index in [-0.39, 0.29) is 11.1 Å². The molecule has 0 spiro atoms. The molecule has 126 valence electrons. The molecule has 0 N–H and O–H groups in total. The molecule has 8 heteroatoms. The molecule has 1 unspecified atom stereocenters. The number of nitrogens with zero attached hydrogens (tertiary/aromatic N) is 5. The van der Waals surface area contributed by atoms with Gasteiger partial charge in [0.1, 0.15) is 11.6 Å². The van der Waals surface area contributed by atoms with Crippen molar-refractivity contribution in [1.82, 2.24) is 23.4 Å². The Balaban J connectivity index is 1.86. The predicted molar refractivity (Wildman–Crippen MR) is 86.5 cm³/mol. The second-order valence-electron chi connectivity index (χ2n) is 6.00. The molecule has 23 heavy (non-hydrogen) atoms. The molecule has 3 rings (SSSR count). The summed E-state index contributed by atoms with van der Waals surface area (Å²) in [6.45, 7) is 5.06. The number of imidazole rings is 2. The predicted octanol–water partition coefficient (Wildman–Crippen LogP) is 1.34. The van der Waals surface area contributed by atoms with Crippen LogP contribution in [0.1, 0.15) is 31.4 Å². The lowest BCUT2D eigenvalue weighted by atomic mass is 10.2. The highest BCUT2D eigenvalue weighted by Crippen LogP contribution is 2.27. The molecule has 0 bridgehead atoms. The first-order valence-electron chi connectivity index (χ1n) is 7.95. The van der Waals surface area contributed by atoms with Crippen molar-refractivity contribution in [2.24, 2.45) is 7.05 Å². The Morgan fingerprint density at radius 3 is 2.83 bits per heavy atom. The normalized spacial score (nSPS) is 19.5. The number of hydrogen-bond donors (Lipinski definition) is 0. The van der Waals surface area contributed by atoms with Gasteiger partial charge in [-0.2, -0.15) is 4.31 Å². The number of rotatable bonds is 5. The molecule has 2 aromatic rings. The lowest BCUT2D eigenvalue weighted by Gasteiger charge is -2.24. The summed E-state index contributed by atoms with van der Waals surface area (Å²) in [6.07, 6.45) is 7.88. The second kappa shape index (κ2) is 6.09. The molecule has 0 amide bonds. The molecule has 0 radical (unpaired) electrons. The van der Waals surface area contributed by atoms with Crippen LogP contribution in [0.15, 0.2) is 23.6 Å². The first-order chi connectivity index (χ1) is 10.9. The average molecular weight is 337 g/mol. The third kappa shape index (κ3) is 2.92. The van der Waals surface area contributed by atoms with Gasteiger partial charge >= 0.3 is 0 Å². The highest BCUT2D eigenvalue weighted by molar-refractivity contribution is 7.89. The second-order valence-corrected chi connectivity index (χ2v) is 7.84. The van der Waals surface area contributed by atoms with Gasteiger partial charge in [0.25, 0.3) is 10.0 Å². The Bertz CT molecular complexity index is 773. The highest BCUT2D eigenvalue weighted by atomic mass is 32.2. The van der Waals surface area contributed by atoms with Crippen molar-refractivity contribution in [1.29, 1.82) is 0 Å². The summed E-state index contributed by atoms with van der Waals surface area (Å²) in [6, 6.07) is -0.0400. The first kappa shape index (κ1) is 16.2. The van der Waals surface area contributed by atoms with Crippen LogP contribution >= 0.6 is 0 Å². The van der Waals surface area contributed by atoms with Crippen molar-refractivity contribution in [3.63, 3.8) is 0 Å². The lowest BCUT2D eigenvalue weighted by molar-refractivity contribution is 0.348. The van der Waals surface area contributed by atoms with Gasteiger partial charge in [0, 0.05) is 51.2 Å². The summed E-state index contributed by atoms with van der Waals surface area (Å²) in [5, 5.41) is 0.144. The molecule has 0 saturated carbocycles. The summed E-state index contributed by atoms with van der Waals surface area (Å²) in [5.74, 6) is 1.69. The van der Waals surface area contributed by atoms with Gasteiger partial charge in [0.05, 0.1) is 0 Å². The first-order valence-corrected chi connectivity index (χ1v) is 9.39. The largest absolute Gasteiger partial charge is 0.337 e. The summed E-state index contributed by atoms with van der Waals surface area (Å²) >= 11 is 0. The number of aryl methyl sites for hydroxylation is 3. The zero-order valence-electron chi connectivity index (χ0n) is 13.8. The van der Waals surface area contributed by atoms with Crippen molar-refractivity contribution in [2.45, 2.75) is 50.7 Å². The SMILES string of the molecule is CCc1nccn1CC1CCCN1S(=O)(=O)c1cn(C)c(C)n1. The van der Waals surface area contributed by atoms with Crippen LogP contribution in [0.5, 0.6) is 0 Å². The van der Waals surface area contributed by atoms with Crippen LogP contribution in [0.3, 0.4) is 0 Å². The van der Waals surface area contributed by atoms with E-state index in [0.29, 0.717) is 18.9 Å². The van der Waals surface area contributed by atoms with Crippen molar-refractivity contribution >= 4 is 10.0 Å². The monoisotopic (exact) mass is 337 g/mol. The topological polar surface area (TPSA) is 73.0 Å². The molecule has 1 aliphatic heterocycles. The van der Waals surface area contributed by atoms with Gasteiger partial charge in [0.15, 0.2) is 5.03 Å². The maximum atomic E-state index is 12.9. The minimum atomic E-state index is -3.54. The summed E-state index contributed by atoms with van der Waals surface area (Å²) in [7, 11) is -1.74. The van der Waals surface area contributed by atoms with E-state index in [0.717, 1.165) is 25.1 Å². The van der Waals surface area contributed by atoms with E-state index < -0.39 is 10.0 Å². The fraction of sp³-hybridized carbons (Fsp3) is 0.600. The van der Waals surface area contributed by atoms with Crippen LogP contribution in [-0.2, 0) is 30.0 Å². The maximum Gasteiger partial charge on any atom is 0.262 e. The molecule has 1 atom stereocenters. The molecule has 1 saturated heterocycles. The van der Waals surface area contributed by atoms with Gasteiger partial charge in [-0.25, -0.2) is 18.4 Å². The molecular weight excluding hydrogens is 314 g/mol. The smallest absolute Gasteiger partial charge is 0.262 e. The quantitative estimate of drug-likeness (QED) is 0.825. The summed E-state index contributed by atoms with van der Waals surface area (Å²) < 4.78 is 31.2. The zero-order valence-corrected chi connectivity index (χ0v) is 14.6. The molecule has 1 aliphatic rings. The van der Waals surface area contributed by atoms with E-state index in [9.17, 15) is 8.42 Å². The Morgan fingerprint density at radius 1 is 1.39 bits per heavy atom. The fourth-order valence-corrected chi connectivity index (χ4v) is 4.84. The minimum Gasteiger partial charge on any atom is -0.337 e. The Hall–Kier alpha value is -1.67. The zero-order chi connectivity index (χ0) is 16.6. The van der Waals surface area contributed by atoms with Crippen molar-refractivity contribution in [3.8, 4) is 0 Å². The van der Waals surface area contributed by atoms with Crippen molar-refractivity contribution in [3.05, 3.63) is 30.2 Å². The van der Waals surface area contributed by atoms with Crippen LogP contribution in [0.4, 0.5) is 0 Å². The Kier molecular flexibility index (Phi) is 4.29. The van der Waals surface area contributed by atoms with Gasteiger partial charge in [-0.1, -0.05) is 6.92 Å². The van der Waals surface area contributed by atoms with E-state index in [1.807, 2.05) is 13.2 Å². The Morgan fingerprint density at radius 2 is 2.17 bits per heavy atom. The number of sulfonamides is 1. The van der Waals surface area contributed by atoms with Crippen LogP contribution in [0.2, 0.25) is 0 Å². The Labute approximate surface area is 137 Å². The van der Waals surface area contributed by atoms with Crippen LogP contribution in [0, 0.1) is 6.92 Å². The van der Waals surface area contributed by atoms with Gasteiger partial charge < -0.3 is 9.13 Å². The van der Waals surface area contributed by atoms with E-state index in [1.165, 1.54) is 0 Å². The van der Waals surface area contributed by atoms with Crippen LogP contribution in [-0.4, -0.2) is 44.4 Å². The molecule has 1 fully saturated rings. The maximum absolute atomic E-state index is 12.9. The molecule has 7 nitrogen and oxygen atoms in total. The minimum absolute atomic E-state index is 0.0400. The molecular formula is C15H23N5O2S. The highest BCUT2D eigenvalue weighted by Gasteiger charge is 2.37. The summed E-state index contributed by atoms with van der Waals surface area (Å²) in [4.78, 5) is 8.52. The standard InChI is InChI=1S/C15H23N5O2S/c1-4-14-16-7-9-19(14)10-13-6-5-8-20(13)23(21,22)15-11-18(3)12(2)17-15/h7,9,11,13H,4-6,8,10H2,1-3H3. The molecule has 2 aromatic heterocycles. The van der Waals surface area contributed by atoms with E-state index in [4.69, 9.17) is 0 Å². The molecule has 0 aromatic carbocycles. The van der Waals surface area contributed by atoms with Crippen LogP contribution in [0.25, 0.3) is 0 Å². The third-order valence-corrected chi connectivity index (χ3v) is 6.33. The number of hydrogen-bond acceptors (Lipinski definition) is 4. The molecule has 0 aliphatic carbocycles. The van der Waals surface area contributed by atoms with E-state index in [2.05, 4.69) is 21.5 Å². The van der Waals surface area contributed by atoms with E-state index in [1.54, 1.807) is 28.2 Å². The van der Waals surface area contributed by atoms with Gasteiger partial charge in [0.2, 0.25) is 0 Å². The van der Waals surface area contributed by atoms with Crippen LogP contribution < -0.4 is 0 Å². The van der Waals surface area contributed by atoms with Crippen molar-refractivity contribution < 1.29 is 8.42 Å². The van der Waals surface area contributed by atoms with Gasteiger partial charge in [-0.05, 0) is 19.8 Å². The van der Waals surface area contributed by atoms with Gasteiger partial charge in [-0.15, -0.1) is 0 Å².